The highest BCUT2D eigenvalue weighted by molar-refractivity contribution is 5.45. The third-order valence-corrected chi connectivity index (χ3v) is 5.43. The van der Waals surface area contributed by atoms with Gasteiger partial charge < -0.3 is 15.3 Å². The summed E-state index contributed by atoms with van der Waals surface area (Å²) >= 11 is 0. The molecule has 1 fully saturated rings. The first-order valence-corrected chi connectivity index (χ1v) is 21.7. The second kappa shape index (κ2) is 122. The average molecular weight is 1070 g/mol. The predicted molar refractivity (Wildman–Crippen MR) is 242 cm³/mol. The number of aliphatic hydroxyl groups is 3. The van der Waals surface area contributed by atoms with E-state index in [9.17, 15) is 15.3 Å². The Morgan fingerprint density at radius 1 is 0.429 bits per heavy atom. The third-order valence-electron chi connectivity index (χ3n) is 5.43. The van der Waals surface area contributed by atoms with Crippen LogP contribution in [0.1, 0.15) is 172 Å². The predicted octanol–water partition coefficient (Wildman–Crippen LogP) is 10.9. The highest BCUT2D eigenvalue weighted by Gasteiger charge is 2.43. The SMILES string of the molecule is C=C1CC(C)=CC(C[C@@H]2C[C@H](COOOOOOOOOOOOOOOOOO)[C@@H](O)[C@H](O)[C@H]2O)=C1C.CC.CC.CC.CC.CC.CC.CC.CC.CC.CC.OO.OO.OO.OOO.OOO. The van der Waals surface area contributed by atoms with E-state index in [0.29, 0.717) is 12.8 Å². The molecule has 1 saturated carbocycles. The minimum atomic E-state index is -1.40. The molecule has 0 unspecified atom stereocenters. The molecule has 0 spiro atoms. The summed E-state index contributed by atoms with van der Waals surface area (Å²) in [7, 11) is 0. The molecule has 0 heterocycles. The second-order valence-corrected chi connectivity index (χ2v) is 7.90. The van der Waals surface area contributed by atoms with Crippen molar-refractivity contribution < 1.29 is 169 Å². The Balaban J connectivity index is -0.0000000686. The van der Waals surface area contributed by atoms with Crippen LogP contribution in [0.2, 0.25) is 0 Å². The molecule has 0 saturated heterocycles. The minimum Gasteiger partial charge on any atom is -0.390 e. The number of rotatable bonds is 20. The average Bonchev–Trinajstić information content (AvgIpc) is 3.44. The van der Waals surface area contributed by atoms with Gasteiger partial charge in [0.25, 0.3) is 0 Å². The van der Waals surface area contributed by atoms with E-state index in [1.807, 2.05) is 158 Å². The molecule has 33 nitrogen and oxygen atoms in total. The molecule has 0 radical (unpaired) electrons. The molecule has 14 N–H and O–H groups in total. The topological polar surface area (TPSA) is 459 Å². The van der Waals surface area contributed by atoms with Crippen LogP contribution in [0.4, 0.5) is 0 Å². The van der Waals surface area contributed by atoms with Gasteiger partial charge in [0.1, 0.15) is 6.10 Å². The molecular weight excluding hydrogens is 972 g/mol. The Kier molecular flexibility index (Phi) is 182. The van der Waals surface area contributed by atoms with Gasteiger partial charge in [-0.1, -0.05) is 167 Å². The smallest absolute Gasteiger partial charge is 0.106 e. The summed E-state index contributed by atoms with van der Waals surface area (Å²) in [5, 5.41) is 163. The lowest BCUT2D eigenvalue weighted by Gasteiger charge is -2.40. The fourth-order valence-corrected chi connectivity index (χ4v) is 3.74. The van der Waals surface area contributed by atoms with Gasteiger partial charge in [0.05, 0.1) is 18.8 Å². The monoisotopic (exact) mass is 1070 g/mol. The Bertz CT molecular complexity index is 803. The van der Waals surface area contributed by atoms with Gasteiger partial charge in [0.15, 0.2) is 0 Å². The molecule has 0 amide bonds. The number of aliphatic hydroxyl groups excluding tert-OH is 3. The number of hydrogen-bond donors (Lipinski definition) is 14. The standard InChI is InChI=1S/C17H26O21.10C2H6.2H2O3.3H2O2/c1-9-4-10(2)11(3)12(5-9)6-13-7-14(16(19)17(20)15(13)18)8-22-24-26-28-30-32-34-36-38-37-35-33-31-29-27-25-23-21;10*1-2;2*1-3-2;3*1-2/h5,13-21H,2,4,6-8H2,1,3H3;10*1-2H3;2*1-2H;3*1-2H/t13-,14-,15+,16-,17-;;;;;;;;;;;;;;;/m1.............../s1. The van der Waals surface area contributed by atoms with Crippen molar-refractivity contribution in [2.45, 2.75) is 190 Å². The highest BCUT2D eigenvalue weighted by Crippen LogP contribution is 2.38. The lowest BCUT2D eigenvalue weighted by atomic mass is 9.72. The molecule has 70 heavy (non-hydrogen) atoms. The maximum absolute atomic E-state index is 10.5. The number of allylic oxidation sites excluding steroid dienone is 5. The van der Waals surface area contributed by atoms with Crippen LogP contribution >= 0.6 is 0 Å². The summed E-state index contributed by atoms with van der Waals surface area (Å²) in [4.78, 5) is 4.76. The Morgan fingerprint density at radius 2 is 0.686 bits per heavy atom. The Labute approximate surface area is 411 Å². The molecule has 5 atom stereocenters. The molecule has 0 aromatic heterocycles. The molecule has 33 heteroatoms. The summed E-state index contributed by atoms with van der Waals surface area (Å²) in [6.07, 6.45) is -0.222. The first-order chi connectivity index (χ1) is 34.2. The van der Waals surface area contributed by atoms with Crippen molar-refractivity contribution in [3.8, 4) is 0 Å². The molecule has 0 aromatic carbocycles. The van der Waals surface area contributed by atoms with Crippen LogP contribution in [0.5, 0.6) is 0 Å². The van der Waals surface area contributed by atoms with Crippen LogP contribution in [0.15, 0.2) is 34.9 Å². The number of hydrogen-bond acceptors (Lipinski definition) is 33. The Hall–Kier alpha value is -2.10. The van der Waals surface area contributed by atoms with Gasteiger partial charge >= 0.3 is 0 Å². The van der Waals surface area contributed by atoms with Crippen LogP contribution in [0, 0.1) is 11.8 Å². The van der Waals surface area contributed by atoms with Gasteiger partial charge in [-0.25, -0.2) is 31.2 Å². The second-order valence-electron chi connectivity index (χ2n) is 7.90. The fraction of sp³-hybridized carbons (Fsp3) is 0.838. The van der Waals surface area contributed by atoms with E-state index < -0.39 is 24.2 Å². The minimum absolute atomic E-state index is 0.249. The summed E-state index contributed by atoms with van der Waals surface area (Å²) in [6, 6.07) is 0. The third kappa shape index (κ3) is 85.7. The molecule has 2 rings (SSSR count). The molecule has 2 aliphatic rings. The first kappa shape index (κ1) is 105. The molecular formula is C37H96O33. The van der Waals surface area contributed by atoms with Crippen LogP contribution in [0.3, 0.4) is 0 Å². The summed E-state index contributed by atoms with van der Waals surface area (Å²) in [6.45, 7) is 47.8. The van der Waals surface area contributed by atoms with Crippen LogP contribution in [-0.4, -0.2) is 98.1 Å². The van der Waals surface area contributed by atoms with Crippen LogP contribution in [0.25, 0.3) is 0 Å². The lowest BCUT2D eigenvalue weighted by Crippen LogP contribution is -2.52. The van der Waals surface area contributed by atoms with Crippen molar-refractivity contribution in [2.24, 2.45) is 11.8 Å². The van der Waals surface area contributed by atoms with Crippen molar-refractivity contribution in [3.05, 3.63) is 34.9 Å². The van der Waals surface area contributed by atoms with Crippen molar-refractivity contribution >= 4 is 0 Å². The van der Waals surface area contributed by atoms with Gasteiger partial charge in [0, 0.05) is 5.92 Å². The Morgan fingerprint density at radius 3 is 0.971 bits per heavy atom. The van der Waals surface area contributed by atoms with E-state index >= 15 is 0 Å². The maximum atomic E-state index is 10.5. The van der Waals surface area contributed by atoms with E-state index in [0.717, 1.165) is 28.7 Å². The van der Waals surface area contributed by atoms with E-state index in [-0.39, 0.29) is 12.5 Å². The van der Waals surface area contributed by atoms with Crippen molar-refractivity contribution in [3.63, 3.8) is 0 Å². The van der Waals surface area contributed by atoms with Crippen molar-refractivity contribution in [1.82, 2.24) is 0 Å². The molecule has 0 aliphatic heterocycles. The molecule has 0 bridgehead atoms. The van der Waals surface area contributed by atoms with E-state index in [1.54, 1.807) is 0 Å². The zero-order valence-corrected chi connectivity index (χ0v) is 45.0. The van der Waals surface area contributed by atoms with Crippen molar-refractivity contribution in [1.29, 1.82) is 0 Å². The van der Waals surface area contributed by atoms with Gasteiger partial charge in [0.2, 0.25) is 0 Å². The van der Waals surface area contributed by atoms with Gasteiger partial charge in [-0.2, -0.15) is 0 Å². The van der Waals surface area contributed by atoms with E-state index in [4.69, 9.17) is 62.7 Å². The van der Waals surface area contributed by atoms with Crippen LogP contribution < -0.4 is 0 Å². The maximum Gasteiger partial charge on any atom is 0.106 e. The quantitative estimate of drug-likeness (QED) is 0.0306. The fourth-order valence-electron chi connectivity index (χ4n) is 3.74. The van der Waals surface area contributed by atoms with Crippen molar-refractivity contribution in [2.75, 3.05) is 6.61 Å². The molecule has 0 aromatic rings. The molecule has 442 valence electrons. The van der Waals surface area contributed by atoms with Gasteiger partial charge in [-0.3, -0.25) is 31.5 Å². The lowest BCUT2D eigenvalue weighted by molar-refractivity contribution is -0.889. The summed E-state index contributed by atoms with van der Waals surface area (Å²) in [5.74, 6) is -0.989. The highest BCUT2D eigenvalue weighted by atomic mass is 18.0. The zero-order valence-electron chi connectivity index (χ0n) is 45.0. The van der Waals surface area contributed by atoms with Crippen LogP contribution in [-0.2, 0) is 95.6 Å². The normalized spacial score (nSPS) is 15.9. The summed E-state index contributed by atoms with van der Waals surface area (Å²) in [5.41, 5.74) is 4.19. The summed E-state index contributed by atoms with van der Waals surface area (Å²) < 4.78 is 0. The largest absolute Gasteiger partial charge is 0.390 e. The van der Waals surface area contributed by atoms with E-state index in [2.05, 4.69) is 97.3 Å². The molecule has 2 aliphatic carbocycles. The first-order valence-electron chi connectivity index (χ1n) is 21.7. The van der Waals surface area contributed by atoms with Gasteiger partial charge in [-0.05, 0) is 136 Å². The van der Waals surface area contributed by atoms with Gasteiger partial charge in [-0.15, -0.1) is 0 Å². The zero-order chi connectivity index (χ0) is 59.2. The van der Waals surface area contributed by atoms with E-state index in [1.165, 1.54) is 0 Å².